The summed E-state index contributed by atoms with van der Waals surface area (Å²) in [5, 5.41) is 6.44. The van der Waals surface area contributed by atoms with Gasteiger partial charge in [0.2, 0.25) is 0 Å². The van der Waals surface area contributed by atoms with Crippen molar-refractivity contribution in [2.24, 2.45) is 0 Å². The first kappa shape index (κ1) is 16.6. The number of amides is 1. The molecule has 1 aromatic carbocycles. The molecule has 9 heteroatoms. The Labute approximate surface area is 152 Å². The number of anilines is 1. The Morgan fingerprint density at radius 3 is 2.74 bits per heavy atom. The molecule has 1 N–H and O–H groups in total. The van der Waals surface area contributed by atoms with Crippen LogP contribution in [0.5, 0.6) is 0 Å². The molecule has 0 unspecified atom stereocenters. The van der Waals surface area contributed by atoms with E-state index >= 15 is 0 Å². The Bertz CT molecular complexity index is 1100. The summed E-state index contributed by atoms with van der Waals surface area (Å²) in [6.07, 6.45) is 4.61. The van der Waals surface area contributed by atoms with Crippen LogP contribution < -0.4 is 5.32 Å². The molecule has 0 spiro atoms. The largest absolute Gasteiger partial charge is 0.334 e. The molecule has 1 amide bonds. The molecule has 3 heterocycles. The van der Waals surface area contributed by atoms with Gasteiger partial charge in [-0.3, -0.25) is 9.36 Å². The first-order chi connectivity index (χ1) is 13.1. The van der Waals surface area contributed by atoms with Crippen LogP contribution >= 0.6 is 0 Å². The first-order valence-electron chi connectivity index (χ1n) is 7.97. The summed E-state index contributed by atoms with van der Waals surface area (Å²) in [5.41, 5.74) is 1.26. The number of nitrogens with one attached hydrogen (secondary N) is 1. The molecule has 0 saturated heterocycles. The van der Waals surface area contributed by atoms with Crippen molar-refractivity contribution in [2.45, 2.75) is 6.92 Å². The van der Waals surface area contributed by atoms with Crippen LogP contribution in [0.25, 0.3) is 17.3 Å². The molecule has 0 fully saturated rings. The van der Waals surface area contributed by atoms with Crippen LogP contribution in [-0.2, 0) is 0 Å². The normalized spacial score (nSPS) is 10.7. The van der Waals surface area contributed by atoms with E-state index < -0.39 is 5.91 Å². The quantitative estimate of drug-likeness (QED) is 0.598. The lowest BCUT2D eigenvalue weighted by Crippen LogP contribution is -2.12. The Hall–Kier alpha value is -3.88. The summed E-state index contributed by atoms with van der Waals surface area (Å²) in [6.45, 7) is 1.72. The van der Waals surface area contributed by atoms with E-state index in [4.69, 9.17) is 4.52 Å². The fraction of sp³-hybridized carbons (Fsp3) is 0.0556. The summed E-state index contributed by atoms with van der Waals surface area (Å²) in [4.78, 5) is 25.0. The topological polar surface area (TPSA) is 98.7 Å². The average molecular weight is 364 g/mol. The average Bonchev–Trinajstić information content (AvgIpc) is 3.33. The van der Waals surface area contributed by atoms with Crippen LogP contribution in [-0.4, -0.2) is 30.6 Å². The fourth-order valence-electron chi connectivity index (χ4n) is 2.46. The Morgan fingerprint density at radius 1 is 1.19 bits per heavy atom. The monoisotopic (exact) mass is 364 g/mol. The van der Waals surface area contributed by atoms with Crippen molar-refractivity contribution in [3.8, 4) is 17.3 Å². The molecule has 0 saturated carbocycles. The highest BCUT2D eigenvalue weighted by Crippen LogP contribution is 2.23. The van der Waals surface area contributed by atoms with Gasteiger partial charge in [0.1, 0.15) is 17.8 Å². The molecular weight excluding hydrogens is 351 g/mol. The van der Waals surface area contributed by atoms with Crippen LogP contribution in [0.2, 0.25) is 0 Å². The van der Waals surface area contributed by atoms with Gasteiger partial charge in [-0.05, 0) is 43.3 Å². The van der Waals surface area contributed by atoms with Crippen LogP contribution in [0.3, 0.4) is 0 Å². The van der Waals surface area contributed by atoms with E-state index in [2.05, 4.69) is 25.4 Å². The van der Waals surface area contributed by atoms with Crippen molar-refractivity contribution in [3.63, 3.8) is 0 Å². The molecule has 134 valence electrons. The summed E-state index contributed by atoms with van der Waals surface area (Å²) in [7, 11) is 0. The number of aromatic nitrogens is 5. The second-order valence-corrected chi connectivity index (χ2v) is 5.65. The second-order valence-electron chi connectivity index (χ2n) is 5.65. The lowest BCUT2D eigenvalue weighted by molar-refractivity contribution is 0.102. The number of rotatable bonds is 4. The molecule has 4 aromatic rings. The fourth-order valence-corrected chi connectivity index (χ4v) is 2.46. The van der Waals surface area contributed by atoms with Crippen molar-refractivity contribution >= 4 is 11.6 Å². The van der Waals surface area contributed by atoms with Crippen LogP contribution in [0.4, 0.5) is 10.1 Å². The van der Waals surface area contributed by atoms with Crippen molar-refractivity contribution < 1.29 is 13.7 Å². The molecule has 4 rings (SSSR count). The van der Waals surface area contributed by atoms with Crippen molar-refractivity contribution in [2.75, 3.05) is 5.32 Å². The smallest absolute Gasteiger partial charge is 0.275 e. The number of benzene rings is 1. The highest BCUT2D eigenvalue weighted by Gasteiger charge is 2.16. The van der Waals surface area contributed by atoms with Crippen molar-refractivity contribution in [1.82, 2.24) is 24.7 Å². The molecule has 0 aliphatic carbocycles. The predicted molar refractivity (Wildman–Crippen MR) is 93.7 cm³/mol. The molecule has 8 nitrogen and oxygen atoms in total. The van der Waals surface area contributed by atoms with Gasteiger partial charge in [0.15, 0.2) is 11.6 Å². The van der Waals surface area contributed by atoms with Gasteiger partial charge in [0, 0.05) is 18.1 Å². The maximum absolute atomic E-state index is 13.0. The lowest BCUT2D eigenvalue weighted by atomic mass is 10.2. The molecule has 0 aliphatic rings. The third-order valence-corrected chi connectivity index (χ3v) is 3.71. The van der Waals surface area contributed by atoms with E-state index in [1.54, 1.807) is 29.8 Å². The Morgan fingerprint density at radius 2 is 2.00 bits per heavy atom. The highest BCUT2D eigenvalue weighted by molar-refractivity contribution is 6.02. The number of hydrogen-bond acceptors (Lipinski definition) is 6. The Kier molecular flexibility index (Phi) is 4.17. The van der Waals surface area contributed by atoms with Gasteiger partial charge in [-0.1, -0.05) is 5.16 Å². The molecule has 0 aliphatic heterocycles. The van der Waals surface area contributed by atoms with Gasteiger partial charge >= 0.3 is 0 Å². The number of aryl methyl sites for hydroxylation is 1. The molecule has 27 heavy (non-hydrogen) atoms. The van der Waals surface area contributed by atoms with Gasteiger partial charge in [0.25, 0.3) is 11.8 Å². The molecular formula is C18H13FN6O2. The number of carbonyl (C=O) groups excluding carboxylic acids is 1. The lowest BCUT2D eigenvalue weighted by Gasteiger charge is -2.05. The maximum atomic E-state index is 13.0. The molecule has 0 bridgehead atoms. The van der Waals surface area contributed by atoms with Gasteiger partial charge < -0.3 is 9.84 Å². The third kappa shape index (κ3) is 3.43. The summed E-state index contributed by atoms with van der Waals surface area (Å²) in [5.74, 6) is 0.517. The van der Waals surface area contributed by atoms with E-state index in [0.29, 0.717) is 28.8 Å². The predicted octanol–water partition coefficient (Wildman–Crippen LogP) is 3.02. The van der Waals surface area contributed by atoms with Crippen molar-refractivity contribution in [1.29, 1.82) is 0 Å². The summed E-state index contributed by atoms with van der Waals surface area (Å²) < 4.78 is 19.8. The van der Waals surface area contributed by atoms with Crippen molar-refractivity contribution in [3.05, 3.63) is 72.5 Å². The maximum Gasteiger partial charge on any atom is 0.275 e. The van der Waals surface area contributed by atoms with Gasteiger partial charge in [0.05, 0.1) is 5.56 Å². The van der Waals surface area contributed by atoms with E-state index in [9.17, 15) is 9.18 Å². The van der Waals surface area contributed by atoms with Gasteiger partial charge in [-0.25, -0.2) is 14.4 Å². The number of imidazole rings is 1. The molecule has 0 atom stereocenters. The van der Waals surface area contributed by atoms with Gasteiger partial charge in [-0.2, -0.15) is 4.98 Å². The number of nitrogens with zero attached hydrogens (tertiary/aromatic N) is 5. The molecule has 3 aromatic heterocycles. The second kappa shape index (κ2) is 6.79. The SMILES string of the molecule is Cc1noc(-c2cccnc2-n2cnc(C(=O)Nc3ccc(F)cc3)c2)n1. The van der Waals surface area contributed by atoms with E-state index in [-0.39, 0.29) is 11.5 Å². The zero-order valence-corrected chi connectivity index (χ0v) is 14.1. The van der Waals surface area contributed by atoms with Gasteiger partial charge in [-0.15, -0.1) is 0 Å². The van der Waals surface area contributed by atoms with E-state index in [0.717, 1.165) is 0 Å². The zero-order chi connectivity index (χ0) is 18.8. The highest BCUT2D eigenvalue weighted by atomic mass is 19.1. The minimum absolute atomic E-state index is 0.178. The van der Waals surface area contributed by atoms with Crippen LogP contribution in [0.15, 0.2) is 59.6 Å². The third-order valence-electron chi connectivity index (χ3n) is 3.71. The number of hydrogen-bond donors (Lipinski definition) is 1. The minimum Gasteiger partial charge on any atom is -0.334 e. The zero-order valence-electron chi connectivity index (χ0n) is 14.1. The number of pyridine rings is 1. The minimum atomic E-state index is -0.425. The number of carbonyl (C=O) groups is 1. The summed E-state index contributed by atoms with van der Waals surface area (Å²) in [6, 6.07) is 9.00. The standard InChI is InChI=1S/C18H13FN6O2/c1-11-22-18(27-24-11)14-3-2-8-20-16(14)25-9-15(21-10-25)17(26)23-13-6-4-12(19)5-7-13/h2-10H,1H3,(H,23,26). The van der Waals surface area contributed by atoms with E-state index in [1.165, 1.54) is 36.8 Å². The molecule has 0 radical (unpaired) electrons. The number of halogens is 1. The van der Waals surface area contributed by atoms with Crippen LogP contribution in [0, 0.1) is 12.7 Å². The summed E-state index contributed by atoms with van der Waals surface area (Å²) >= 11 is 0. The van der Waals surface area contributed by atoms with Crippen LogP contribution in [0.1, 0.15) is 16.3 Å². The Balaban J connectivity index is 1.61. The first-order valence-corrected chi connectivity index (χ1v) is 7.97. The van der Waals surface area contributed by atoms with E-state index in [1.807, 2.05) is 0 Å².